The van der Waals surface area contributed by atoms with Crippen molar-refractivity contribution in [2.75, 3.05) is 25.1 Å². The fourth-order valence-corrected chi connectivity index (χ4v) is 8.78. The first-order valence-corrected chi connectivity index (χ1v) is 17.0. The molecule has 2 heterocycles. The van der Waals surface area contributed by atoms with E-state index >= 15 is 0 Å². The lowest BCUT2D eigenvalue weighted by molar-refractivity contribution is -0.144. The average Bonchev–Trinajstić information content (AvgIpc) is 3.32. The monoisotopic (exact) mass is 648 g/mol. The van der Waals surface area contributed by atoms with Gasteiger partial charge in [0.15, 0.2) is 11.5 Å². The highest BCUT2D eigenvalue weighted by molar-refractivity contribution is 6.30. The first-order valence-electron chi connectivity index (χ1n) is 16.6. The Morgan fingerprint density at radius 1 is 1.13 bits per heavy atom. The lowest BCUT2D eigenvalue weighted by Crippen LogP contribution is -2.53. The number of hydrogen-bond donors (Lipinski definition) is 2. The van der Waals surface area contributed by atoms with Gasteiger partial charge < -0.3 is 24.6 Å². The molecule has 1 aromatic heterocycles. The zero-order valence-corrected chi connectivity index (χ0v) is 27.2. The van der Waals surface area contributed by atoms with Gasteiger partial charge >= 0.3 is 5.97 Å². The number of anilines is 1. The number of rotatable bonds is 8. The van der Waals surface area contributed by atoms with Crippen LogP contribution in [-0.4, -0.2) is 41.4 Å². The summed E-state index contributed by atoms with van der Waals surface area (Å²) in [5.74, 6) is 2.19. The Hall–Kier alpha value is -3.52. The van der Waals surface area contributed by atoms with Gasteiger partial charge in [-0.3, -0.25) is 4.98 Å². The van der Waals surface area contributed by atoms with E-state index in [4.69, 9.17) is 25.8 Å². The number of fused-ring (bicyclic) bond motifs is 4. The molecule has 4 atom stereocenters. The van der Waals surface area contributed by atoms with Gasteiger partial charge in [0.05, 0.1) is 12.3 Å². The van der Waals surface area contributed by atoms with Gasteiger partial charge in [-0.15, -0.1) is 0 Å². The summed E-state index contributed by atoms with van der Waals surface area (Å²) in [5.41, 5.74) is 3.40. The summed E-state index contributed by atoms with van der Waals surface area (Å²) < 4.78 is 33.1. The quantitative estimate of drug-likeness (QED) is 0.253. The Balaban J connectivity index is 1.14. The number of carboxylic acids is 1. The van der Waals surface area contributed by atoms with Crippen molar-refractivity contribution in [1.29, 1.82) is 0 Å². The highest BCUT2D eigenvalue weighted by atomic mass is 35.5. The Bertz CT molecular complexity index is 1620. The Morgan fingerprint density at radius 2 is 1.89 bits per heavy atom. The van der Waals surface area contributed by atoms with Gasteiger partial charge in [-0.1, -0.05) is 31.5 Å². The van der Waals surface area contributed by atoms with Gasteiger partial charge in [-0.25, -0.2) is 9.18 Å². The SMILES string of the molecule is C[C@@H](COc1ccnc2c1[C@H](C)CC[C@H]2F)C[C@H]1Cc2cc3c(cc2C12CCC(Nc1cccc(Cl)c1)(C(=O)O)CC2)OCCO3. The molecule has 1 saturated carbocycles. The molecule has 244 valence electrons. The number of carbonyl (C=O) groups is 1. The fourth-order valence-electron chi connectivity index (χ4n) is 8.59. The average molecular weight is 649 g/mol. The van der Waals surface area contributed by atoms with Crippen molar-refractivity contribution in [3.05, 3.63) is 76.1 Å². The van der Waals surface area contributed by atoms with Crippen molar-refractivity contribution >= 4 is 23.3 Å². The maximum absolute atomic E-state index is 14.7. The second-order valence-electron chi connectivity index (χ2n) is 13.9. The van der Waals surface area contributed by atoms with E-state index in [2.05, 4.69) is 36.3 Å². The van der Waals surface area contributed by atoms with E-state index in [0.717, 1.165) is 54.9 Å². The number of nitrogens with one attached hydrogen (secondary N) is 1. The third-order valence-corrected chi connectivity index (χ3v) is 11.2. The van der Waals surface area contributed by atoms with Gasteiger partial charge in [-0.2, -0.15) is 0 Å². The van der Waals surface area contributed by atoms with Gasteiger partial charge in [0.2, 0.25) is 0 Å². The van der Waals surface area contributed by atoms with Crippen LogP contribution in [-0.2, 0) is 16.6 Å². The summed E-state index contributed by atoms with van der Waals surface area (Å²) in [4.78, 5) is 17.2. The number of ether oxygens (including phenoxy) is 3. The molecule has 46 heavy (non-hydrogen) atoms. The molecular weight excluding hydrogens is 607 g/mol. The van der Waals surface area contributed by atoms with E-state index in [1.807, 2.05) is 18.2 Å². The Morgan fingerprint density at radius 3 is 2.63 bits per heavy atom. The largest absolute Gasteiger partial charge is 0.493 e. The summed E-state index contributed by atoms with van der Waals surface area (Å²) in [6, 6.07) is 13.5. The zero-order chi connectivity index (χ0) is 32.1. The summed E-state index contributed by atoms with van der Waals surface area (Å²) in [6.45, 7) is 5.90. The number of halogens is 2. The van der Waals surface area contributed by atoms with E-state index < -0.39 is 17.7 Å². The molecule has 1 aliphatic heterocycles. The molecule has 3 aromatic rings. The van der Waals surface area contributed by atoms with Crippen molar-refractivity contribution in [3.63, 3.8) is 0 Å². The van der Waals surface area contributed by atoms with E-state index in [1.165, 1.54) is 11.1 Å². The predicted molar refractivity (Wildman–Crippen MR) is 175 cm³/mol. The Labute approximate surface area is 274 Å². The minimum absolute atomic E-state index is 0.194. The van der Waals surface area contributed by atoms with Crippen LogP contribution in [0.15, 0.2) is 48.7 Å². The molecule has 7 rings (SSSR count). The van der Waals surface area contributed by atoms with Gasteiger partial charge in [0.25, 0.3) is 0 Å². The van der Waals surface area contributed by atoms with Crippen LogP contribution in [0.25, 0.3) is 0 Å². The summed E-state index contributed by atoms with van der Waals surface area (Å²) >= 11 is 6.24. The number of aliphatic carboxylic acids is 1. The first kappa shape index (κ1) is 31.1. The Kier molecular flexibility index (Phi) is 8.28. The van der Waals surface area contributed by atoms with E-state index in [1.54, 1.807) is 18.3 Å². The number of pyridine rings is 1. The molecule has 0 saturated heterocycles. The fraction of sp³-hybridized carbons (Fsp3) is 0.514. The zero-order valence-electron chi connectivity index (χ0n) is 26.5. The van der Waals surface area contributed by atoms with Crippen LogP contribution < -0.4 is 19.5 Å². The molecule has 9 heteroatoms. The maximum atomic E-state index is 14.7. The lowest BCUT2D eigenvalue weighted by atomic mass is 9.59. The molecular formula is C37H42ClFN2O5. The van der Waals surface area contributed by atoms with Gasteiger partial charge in [0, 0.05) is 22.5 Å². The number of aromatic nitrogens is 1. The molecule has 0 unspecified atom stereocenters. The highest BCUT2D eigenvalue weighted by Gasteiger charge is 2.54. The van der Waals surface area contributed by atoms with Crippen molar-refractivity contribution in [3.8, 4) is 17.2 Å². The van der Waals surface area contributed by atoms with Crippen LogP contribution in [0.4, 0.5) is 10.1 Å². The standard InChI is InChI=1S/C37H42ClFN2O5/c1-22(21-46-30-8-13-40-34-29(39)7-6-23(2)33(30)34)16-25-17-24-18-31-32(45-15-14-44-31)20-28(24)36(25)9-11-37(12-10-36,35(42)43)41-27-5-3-4-26(38)19-27/h3-5,8,13,18-20,22-23,25,29,41H,6-7,9-12,14-17,21H2,1-2H3,(H,42,43)/t22-,23-,25+,29-,36?,37?/m1/s1. The minimum atomic E-state index is -1.09. The van der Waals surface area contributed by atoms with Gasteiger partial charge in [-0.05, 0) is 122 Å². The van der Waals surface area contributed by atoms with Crippen LogP contribution >= 0.6 is 11.6 Å². The molecule has 2 N–H and O–H groups in total. The molecule has 3 aliphatic carbocycles. The summed E-state index contributed by atoms with van der Waals surface area (Å²) in [5, 5.41) is 14.5. The van der Waals surface area contributed by atoms with Crippen molar-refractivity contribution in [2.24, 2.45) is 11.8 Å². The van der Waals surface area contributed by atoms with Crippen LogP contribution in [0.1, 0.15) is 93.3 Å². The number of alkyl halides is 1. The van der Waals surface area contributed by atoms with Crippen LogP contribution in [0, 0.1) is 11.8 Å². The normalized spacial score (nSPS) is 28.7. The minimum Gasteiger partial charge on any atom is -0.493 e. The summed E-state index contributed by atoms with van der Waals surface area (Å²) in [6.07, 6.45) is 6.13. The third kappa shape index (κ3) is 5.56. The van der Waals surface area contributed by atoms with E-state index in [9.17, 15) is 14.3 Å². The molecule has 7 nitrogen and oxygen atoms in total. The van der Waals surface area contributed by atoms with Crippen LogP contribution in [0.5, 0.6) is 17.2 Å². The number of benzene rings is 2. The van der Waals surface area contributed by atoms with E-state index in [-0.39, 0.29) is 17.3 Å². The molecule has 0 bridgehead atoms. The molecule has 0 amide bonds. The van der Waals surface area contributed by atoms with Crippen LogP contribution in [0.2, 0.25) is 5.02 Å². The second-order valence-corrected chi connectivity index (χ2v) is 14.4. The molecule has 4 aliphatic rings. The smallest absolute Gasteiger partial charge is 0.329 e. The number of carboxylic acid groups (broad SMARTS) is 1. The highest BCUT2D eigenvalue weighted by Crippen LogP contribution is 2.58. The van der Waals surface area contributed by atoms with Crippen LogP contribution in [0.3, 0.4) is 0 Å². The molecule has 1 fully saturated rings. The maximum Gasteiger partial charge on any atom is 0.329 e. The molecule has 0 radical (unpaired) electrons. The van der Waals surface area contributed by atoms with E-state index in [0.29, 0.717) is 61.4 Å². The molecule has 1 spiro atoms. The lowest BCUT2D eigenvalue weighted by Gasteiger charge is -2.47. The topological polar surface area (TPSA) is 89.9 Å². The second kappa shape index (κ2) is 12.3. The molecule has 2 aromatic carbocycles. The van der Waals surface area contributed by atoms with Crippen molar-refractivity contribution < 1.29 is 28.5 Å². The van der Waals surface area contributed by atoms with Crippen molar-refractivity contribution in [2.45, 2.75) is 88.3 Å². The summed E-state index contributed by atoms with van der Waals surface area (Å²) in [7, 11) is 0. The first-order chi connectivity index (χ1) is 22.2. The third-order valence-electron chi connectivity index (χ3n) is 11.0. The number of hydrogen-bond acceptors (Lipinski definition) is 6. The van der Waals surface area contributed by atoms with Crippen molar-refractivity contribution in [1.82, 2.24) is 4.98 Å². The number of nitrogens with zero attached hydrogens (tertiary/aromatic N) is 1. The predicted octanol–water partition coefficient (Wildman–Crippen LogP) is 8.44. The van der Waals surface area contributed by atoms with Gasteiger partial charge in [0.1, 0.15) is 30.7 Å².